The van der Waals surface area contributed by atoms with Gasteiger partial charge in [-0.05, 0) is 25.1 Å². The van der Waals surface area contributed by atoms with Crippen LogP contribution in [0.25, 0.3) is 10.9 Å². The minimum atomic E-state index is 0.732. The molecule has 0 radical (unpaired) electrons. The Morgan fingerprint density at radius 3 is 2.79 bits per heavy atom. The van der Waals surface area contributed by atoms with E-state index in [4.69, 9.17) is 16.3 Å². The van der Waals surface area contributed by atoms with E-state index in [-0.39, 0.29) is 0 Å². The van der Waals surface area contributed by atoms with Crippen molar-refractivity contribution in [3.63, 3.8) is 0 Å². The van der Waals surface area contributed by atoms with Crippen LogP contribution in [-0.2, 0) is 0 Å². The van der Waals surface area contributed by atoms with E-state index in [1.54, 1.807) is 7.11 Å². The van der Waals surface area contributed by atoms with Crippen molar-refractivity contribution < 1.29 is 4.74 Å². The summed E-state index contributed by atoms with van der Waals surface area (Å²) in [4.78, 5) is 4.38. The number of rotatable bonds is 1. The lowest BCUT2D eigenvalue weighted by Gasteiger charge is -2.04. The molecule has 0 aliphatic heterocycles. The van der Waals surface area contributed by atoms with Crippen LogP contribution in [0.2, 0.25) is 5.02 Å². The van der Waals surface area contributed by atoms with Crippen LogP contribution in [0.1, 0.15) is 5.69 Å². The lowest BCUT2D eigenvalue weighted by Crippen LogP contribution is -1.87. The molecule has 0 amide bonds. The van der Waals surface area contributed by atoms with E-state index in [2.05, 4.69) is 4.98 Å². The number of halogens is 1. The second kappa shape index (κ2) is 3.46. The van der Waals surface area contributed by atoms with Crippen molar-refractivity contribution in [2.45, 2.75) is 6.92 Å². The Kier molecular flexibility index (Phi) is 2.30. The molecule has 1 aromatic heterocycles. The Hall–Kier alpha value is -1.28. The summed E-state index contributed by atoms with van der Waals surface area (Å²) in [7, 11) is 1.64. The Morgan fingerprint density at radius 1 is 1.29 bits per heavy atom. The van der Waals surface area contributed by atoms with E-state index in [1.807, 2.05) is 31.2 Å². The number of hydrogen-bond acceptors (Lipinski definition) is 2. The van der Waals surface area contributed by atoms with Crippen molar-refractivity contribution in [1.29, 1.82) is 0 Å². The maximum atomic E-state index is 6.08. The quantitative estimate of drug-likeness (QED) is 0.717. The Balaban J connectivity index is 2.75. The Morgan fingerprint density at radius 2 is 2.07 bits per heavy atom. The summed E-state index contributed by atoms with van der Waals surface area (Å²) in [5, 5.41) is 1.69. The molecule has 0 fully saturated rings. The zero-order chi connectivity index (χ0) is 10.1. The van der Waals surface area contributed by atoms with Gasteiger partial charge in [-0.1, -0.05) is 11.6 Å². The summed E-state index contributed by atoms with van der Waals surface area (Å²) in [6.07, 6.45) is 0. The average molecular weight is 208 g/mol. The summed E-state index contributed by atoms with van der Waals surface area (Å²) in [5.41, 5.74) is 1.78. The van der Waals surface area contributed by atoms with Crippen molar-refractivity contribution in [2.75, 3.05) is 7.11 Å². The fourth-order valence-corrected chi connectivity index (χ4v) is 1.73. The van der Waals surface area contributed by atoms with E-state index in [0.717, 1.165) is 27.4 Å². The van der Waals surface area contributed by atoms with Crippen molar-refractivity contribution in [3.05, 3.63) is 35.0 Å². The maximum absolute atomic E-state index is 6.08. The first-order valence-corrected chi connectivity index (χ1v) is 4.69. The zero-order valence-corrected chi connectivity index (χ0v) is 8.80. The predicted molar refractivity (Wildman–Crippen MR) is 58.0 cm³/mol. The molecular formula is C11H10ClNO. The molecule has 0 bridgehead atoms. The number of hydrogen-bond donors (Lipinski definition) is 0. The summed E-state index contributed by atoms with van der Waals surface area (Å²) < 4.78 is 5.12. The van der Waals surface area contributed by atoms with Crippen LogP contribution in [0.5, 0.6) is 5.75 Å². The smallest absolute Gasteiger partial charge is 0.121 e. The van der Waals surface area contributed by atoms with E-state index in [9.17, 15) is 0 Å². The van der Waals surface area contributed by atoms with Crippen LogP contribution in [0, 0.1) is 6.92 Å². The van der Waals surface area contributed by atoms with Gasteiger partial charge in [0, 0.05) is 17.1 Å². The van der Waals surface area contributed by atoms with Gasteiger partial charge in [-0.3, -0.25) is 4.98 Å². The summed E-state index contributed by atoms with van der Waals surface area (Å²) >= 11 is 6.08. The van der Waals surface area contributed by atoms with Gasteiger partial charge in [0.25, 0.3) is 0 Å². The monoisotopic (exact) mass is 207 g/mol. The highest BCUT2D eigenvalue weighted by molar-refractivity contribution is 6.35. The number of benzene rings is 1. The number of aromatic nitrogens is 1. The predicted octanol–water partition coefficient (Wildman–Crippen LogP) is 3.21. The molecule has 3 heteroatoms. The number of methoxy groups -OCH3 is 1. The molecule has 1 aromatic carbocycles. The summed E-state index contributed by atoms with van der Waals surface area (Å²) in [6, 6.07) is 7.54. The van der Waals surface area contributed by atoms with Gasteiger partial charge in [0.05, 0.1) is 17.6 Å². The van der Waals surface area contributed by atoms with Crippen molar-refractivity contribution in [1.82, 2.24) is 4.98 Å². The minimum absolute atomic E-state index is 0.732. The number of pyridine rings is 1. The molecular weight excluding hydrogens is 198 g/mol. The van der Waals surface area contributed by atoms with Crippen LogP contribution >= 0.6 is 11.6 Å². The molecule has 0 aliphatic carbocycles. The summed E-state index contributed by atoms with van der Waals surface area (Å²) in [5.74, 6) is 0.798. The molecule has 2 nitrogen and oxygen atoms in total. The fraction of sp³-hybridized carbons (Fsp3) is 0.182. The maximum Gasteiger partial charge on any atom is 0.121 e. The second-order valence-corrected chi connectivity index (χ2v) is 3.54. The van der Waals surface area contributed by atoms with Gasteiger partial charge in [0.2, 0.25) is 0 Å². The average Bonchev–Trinajstić information content (AvgIpc) is 2.16. The minimum Gasteiger partial charge on any atom is -0.497 e. The first kappa shape index (κ1) is 9.28. The molecule has 0 aliphatic rings. The lowest BCUT2D eigenvalue weighted by atomic mass is 10.2. The fourth-order valence-electron chi connectivity index (χ4n) is 1.42. The second-order valence-electron chi connectivity index (χ2n) is 3.13. The first-order valence-electron chi connectivity index (χ1n) is 4.31. The van der Waals surface area contributed by atoms with Gasteiger partial charge >= 0.3 is 0 Å². The van der Waals surface area contributed by atoms with Gasteiger partial charge < -0.3 is 4.74 Å². The van der Waals surface area contributed by atoms with E-state index in [0.29, 0.717) is 0 Å². The molecule has 0 saturated heterocycles. The SMILES string of the molecule is COc1ccc2c(Cl)cc(C)nc2c1. The van der Waals surface area contributed by atoms with Crippen LogP contribution in [-0.4, -0.2) is 12.1 Å². The number of aryl methyl sites for hydroxylation is 1. The third kappa shape index (κ3) is 1.53. The molecule has 0 saturated carbocycles. The third-order valence-corrected chi connectivity index (χ3v) is 2.41. The Bertz CT molecular complexity index is 482. The number of nitrogens with zero attached hydrogens (tertiary/aromatic N) is 1. The van der Waals surface area contributed by atoms with E-state index < -0.39 is 0 Å². The first-order chi connectivity index (χ1) is 6.70. The topological polar surface area (TPSA) is 22.1 Å². The molecule has 0 N–H and O–H groups in total. The molecule has 1 heterocycles. The summed E-state index contributed by atoms with van der Waals surface area (Å²) in [6.45, 7) is 1.92. The molecule has 2 aromatic rings. The highest BCUT2D eigenvalue weighted by atomic mass is 35.5. The Labute approximate surface area is 87.5 Å². The van der Waals surface area contributed by atoms with Crippen molar-refractivity contribution in [3.8, 4) is 5.75 Å². The zero-order valence-electron chi connectivity index (χ0n) is 8.04. The molecule has 0 spiro atoms. The molecule has 0 atom stereocenters. The van der Waals surface area contributed by atoms with Gasteiger partial charge in [0.1, 0.15) is 5.75 Å². The van der Waals surface area contributed by atoms with Gasteiger partial charge in [-0.25, -0.2) is 0 Å². The largest absolute Gasteiger partial charge is 0.497 e. The van der Waals surface area contributed by atoms with E-state index in [1.165, 1.54) is 0 Å². The normalized spacial score (nSPS) is 10.5. The van der Waals surface area contributed by atoms with Gasteiger partial charge in [-0.2, -0.15) is 0 Å². The van der Waals surface area contributed by atoms with Crippen molar-refractivity contribution in [2.24, 2.45) is 0 Å². The van der Waals surface area contributed by atoms with Crippen LogP contribution in [0.3, 0.4) is 0 Å². The number of fused-ring (bicyclic) bond motifs is 1. The van der Waals surface area contributed by atoms with E-state index >= 15 is 0 Å². The molecule has 0 unspecified atom stereocenters. The van der Waals surface area contributed by atoms with Crippen LogP contribution in [0.4, 0.5) is 0 Å². The molecule has 2 rings (SSSR count). The lowest BCUT2D eigenvalue weighted by molar-refractivity contribution is 0.415. The highest BCUT2D eigenvalue weighted by Crippen LogP contribution is 2.26. The van der Waals surface area contributed by atoms with Crippen molar-refractivity contribution >= 4 is 22.5 Å². The van der Waals surface area contributed by atoms with Crippen LogP contribution < -0.4 is 4.74 Å². The highest BCUT2D eigenvalue weighted by Gasteiger charge is 2.02. The molecule has 72 valence electrons. The van der Waals surface area contributed by atoms with Gasteiger partial charge in [-0.15, -0.1) is 0 Å². The molecule has 14 heavy (non-hydrogen) atoms. The van der Waals surface area contributed by atoms with Gasteiger partial charge in [0.15, 0.2) is 0 Å². The van der Waals surface area contributed by atoms with Crippen LogP contribution in [0.15, 0.2) is 24.3 Å². The third-order valence-electron chi connectivity index (χ3n) is 2.09. The number of ether oxygens (including phenoxy) is 1. The standard InChI is InChI=1S/C11H10ClNO/c1-7-5-10(12)9-4-3-8(14-2)6-11(9)13-7/h3-6H,1-2H3.